The first-order valence-electron chi connectivity index (χ1n) is 8.31. The summed E-state index contributed by atoms with van der Waals surface area (Å²) in [5.74, 6) is 0.121. The number of anilines is 1. The maximum atomic E-state index is 14.0. The predicted molar refractivity (Wildman–Crippen MR) is 91.5 cm³/mol. The molecule has 1 atom stereocenters. The van der Waals surface area contributed by atoms with E-state index in [9.17, 15) is 9.18 Å². The minimum Gasteiger partial charge on any atom is -0.486 e. The smallest absolute Gasteiger partial charge is 0.229 e. The summed E-state index contributed by atoms with van der Waals surface area (Å²) in [6, 6.07) is 9.60. The number of halogens is 1. The third-order valence-corrected chi connectivity index (χ3v) is 4.43. The van der Waals surface area contributed by atoms with E-state index in [1.165, 1.54) is 17.2 Å². The molecular weight excluding hydrogens is 323 g/mol. The molecule has 1 unspecified atom stereocenters. The molecular formula is C19H19FN2O3. The average molecular weight is 342 g/mol. The van der Waals surface area contributed by atoms with E-state index in [-0.39, 0.29) is 24.1 Å². The van der Waals surface area contributed by atoms with E-state index < -0.39 is 5.82 Å². The number of carbonyl (C=O) groups excluding carboxylic acids is 1. The SMILES string of the molecule is Cc1ccc(CNCC2COc3cc(F)c4c(c3O2)CC(=O)N4)cc1. The van der Waals surface area contributed by atoms with Crippen molar-refractivity contribution in [2.24, 2.45) is 0 Å². The van der Waals surface area contributed by atoms with Gasteiger partial charge in [0.1, 0.15) is 12.7 Å². The first kappa shape index (κ1) is 15.9. The van der Waals surface area contributed by atoms with Gasteiger partial charge in [0.2, 0.25) is 5.91 Å². The van der Waals surface area contributed by atoms with Gasteiger partial charge in [-0.1, -0.05) is 29.8 Å². The van der Waals surface area contributed by atoms with Crippen LogP contribution in [-0.2, 0) is 17.8 Å². The summed E-state index contributed by atoms with van der Waals surface area (Å²) >= 11 is 0. The maximum Gasteiger partial charge on any atom is 0.229 e. The second-order valence-corrected chi connectivity index (χ2v) is 6.43. The summed E-state index contributed by atoms with van der Waals surface area (Å²) in [6.45, 7) is 3.73. The topological polar surface area (TPSA) is 59.6 Å². The number of carbonyl (C=O) groups is 1. The highest BCUT2D eigenvalue weighted by Crippen LogP contribution is 2.43. The van der Waals surface area contributed by atoms with Crippen LogP contribution in [0.15, 0.2) is 30.3 Å². The molecule has 1 amide bonds. The van der Waals surface area contributed by atoms with Gasteiger partial charge in [-0.3, -0.25) is 4.79 Å². The molecule has 0 saturated carbocycles. The van der Waals surface area contributed by atoms with Gasteiger partial charge in [0.15, 0.2) is 17.3 Å². The van der Waals surface area contributed by atoms with Crippen LogP contribution in [-0.4, -0.2) is 25.2 Å². The van der Waals surface area contributed by atoms with Gasteiger partial charge in [0.05, 0.1) is 12.1 Å². The molecule has 2 aromatic rings. The van der Waals surface area contributed by atoms with Crippen LogP contribution in [0.1, 0.15) is 16.7 Å². The molecule has 2 heterocycles. The molecule has 0 radical (unpaired) electrons. The van der Waals surface area contributed by atoms with E-state index >= 15 is 0 Å². The highest BCUT2D eigenvalue weighted by molar-refractivity contribution is 6.00. The van der Waals surface area contributed by atoms with Gasteiger partial charge in [0, 0.05) is 24.7 Å². The fourth-order valence-corrected chi connectivity index (χ4v) is 3.11. The minimum atomic E-state index is -0.487. The number of rotatable bonds is 4. The number of fused-ring (bicyclic) bond motifs is 3. The molecule has 0 fully saturated rings. The monoisotopic (exact) mass is 342 g/mol. The van der Waals surface area contributed by atoms with Crippen LogP contribution >= 0.6 is 0 Å². The van der Waals surface area contributed by atoms with Gasteiger partial charge in [-0.25, -0.2) is 4.39 Å². The van der Waals surface area contributed by atoms with Crippen LogP contribution in [0, 0.1) is 12.7 Å². The predicted octanol–water partition coefficient (Wildman–Crippen LogP) is 2.56. The van der Waals surface area contributed by atoms with E-state index in [1.54, 1.807) is 0 Å². The Hall–Kier alpha value is -2.60. The van der Waals surface area contributed by atoms with Crippen molar-refractivity contribution in [2.75, 3.05) is 18.5 Å². The van der Waals surface area contributed by atoms with Gasteiger partial charge in [-0.2, -0.15) is 0 Å². The largest absolute Gasteiger partial charge is 0.486 e. The van der Waals surface area contributed by atoms with Crippen LogP contribution in [0.3, 0.4) is 0 Å². The first-order valence-corrected chi connectivity index (χ1v) is 8.31. The summed E-state index contributed by atoms with van der Waals surface area (Å²) in [5, 5.41) is 5.88. The second kappa shape index (κ2) is 6.37. The Labute approximate surface area is 145 Å². The van der Waals surface area contributed by atoms with Gasteiger partial charge in [0.25, 0.3) is 0 Å². The molecule has 0 saturated heterocycles. The summed E-state index contributed by atoms with van der Waals surface area (Å²) in [4.78, 5) is 11.6. The van der Waals surface area contributed by atoms with Gasteiger partial charge in [-0.05, 0) is 12.5 Å². The number of aryl methyl sites for hydroxylation is 1. The fraction of sp³-hybridized carbons (Fsp3) is 0.316. The summed E-state index contributed by atoms with van der Waals surface area (Å²) < 4.78 is 25.6. The van der Waals surface area contributed by atoms with E-state index in [0.717, 1.165) is 6.54 Å². The third-order valence-electron chi connectivity index (χ3n) is 4.43. The molecule has 130 valence electrons. The van der Waals surface area contributed by atoms with E-state index in [2.05, 4.69) is 41.8 Å². The highest BCUT2D eigenvalue weighted by atomic mass is 19.1. The minimum absolute atomic E-state index is 0.113. The van der Waals surface area contributed by atoms with E-state index in [0.29, 0.717) is 30.2 Å². The molecule has 2 aliphatic heterocycles. The first-order chi connectivity index (χ1) is 12.1. The molecule has 6 heteroatoms. The van der Waals surface area contributed by atoms with Gasteiger partial charge in [-0.15, -0.1) is 0 Å². The summed E-state index contributed by atoms with van der Waals surface area (Å²) in [7, 11) is 0. The third kappa shape index (κ3) is 3.17. The average Bonchev–Trinajstić information content (AvgIpc) is 3.00. The van der Waals surface area contributed by atoms with Crippen molar-refractivity contribution < 1.29 is 18.7 Å². The van der Waals surface area contributed by atoms with Crippen LogP contribution in [0.4, 0.5) is 10.1 Å². The zero-order valence-electron chi connectivity index (χ0n) is 13.9. The van der Waals surface area contributed by atoms with Crippen molar-refractivity contribution in [1.82, 2.24) is 5.32 Å². The molecule has 4 rings (SSSR count). The van der Waals surface area contributed by atoms with Crippen molar-refractivity contribution in [3.05, 3.63) is 52.8 Å². The van der Waals surface area contributed by atoms with E-state index in [1.807, 2.05) is 0 Å². The lowest BCUT2D eigenvalue weighted by atomic mass is 10.1. The van der Waals surface area contributed by atoms with Crippen molar-refractivity contribution in [1.29, 1.82) is 0 Å². The second-order valence-electron chi connectivity index (χ2n) is 6.43. The Morgan fingerprint density at radius 1 is 1.32 bits per heavy atom. The van der Waals surface area contributed by atoms with Crippen molar-refractivity contribution in [2.45, 2.75) is 26.0 Å². The number of benzene rings is 2. The Bertz CT molecular complexity index is 820. The lowest BCUT2D eigenvalue weighted by Gasteiger charge is -2.28. The molecule has 5 nitrogen and oxygen atoms in total. The van der Waals surface area contributed by atoms with Crippen molar-refractivity contribution in [3.63, 3.8) is 0 Å². The lowest BCUT2D eigenvalue weighted by Crippen LogP contribution is -2.38. The van der Waals surface area contributed by atoms with Gasteiger partial charge < -0.3 is 20.1 Å². The maximum absolute atomic E-state index is 14.0. The van der Waals surface area contributed by atoms with Crippen LogP contribution in [0.5, 0.6) is 11.5 Å². The van der Waals surface area contributed by atoms with Gasteiger partial charge >= 0.3 is 0 Å². The zero-order valence-corrected chi connectivity index (χ0v) is 13.9. The molecule has 0 aliphatic carbocycles. The highest BCUT2D eigenvalue weighted by Gasteiger charge is 2.32. The molecule has 2 aliphatic rings. The lowest BCUT2D eigenvalue weighted by molar-refractivity contribution is -0.115. The number of nitrogens with one attached hydrogen (secondary N) is 2. The van der Waals surface area contributed by atoms with Crippen LogP contribution in [0.2, 0.25) is 0 Å². The standard InChI is InChI=1S/C19H19FN2O3/c1-11-2-4-12(5-3-11)8-21-9-13-10-24-16-7-15(20)18-14(19(16)25-13)6-17(23)22-18/h2-5,7,13,21H,6,8-10H2,1H3,(H,22,23). The number of hydrogen-bond donors (Lipinski definition) is 2. The molecule has 0 aromatic heterocycles. The molecule has 2 N–H and O–H groups in total. The number of amides is 1. The zero-order chi connectivity index (χ0) is 17.4. The molecule has 0 bridgehead atoms. The number of hydrogen-bond acceptors (Lipinski definition) is 4. The van der Waals surface area contributed by atoms with Crippen LogP contribution in [0.25, 0.3) is 0 Å². The molecule has 25 heavy (non-hydrogen) atoms. The quantitative estimate of drug-likeness (QED) is 0.897. The normalized spacial score (nSPS) is 18.0. The summed E-state index contributed by atoms with van der Waals surface area (Å²) in [6.07, 6.45) is -0.0781. The Morgan fingerprint density at radius 2 is 2.12 bits per heavy atom. The molecule has 2 aromatic carbocycles. The summed E-state index contributed by atoms with van der Waals surface area (Å²) in [5.41, 5.74) is 3.18. The number of ether oxygens (including phenoxy) is 2. The molecule has 0 spiro atoms. The van der Waals surface area contributed by atoms with Crippen LogP contribution < -0.4 is 20.1 Å². The van der Waals surface area contributed by atoms with Crippen molar-refractivity contribution in [3.8, 4) is 11.5 Å². The van der Waals surface area contributed by atoms with Crippen molar-refractivity contribution >= 4 is 11.6 Å². The Kier molecular flexibility index (Phi) is 4.05. The Morgan fingerprint density at radius 3 is 2.92 bits per heavy atom. The fourth-order valence-electron chi connectivity index (χ4n) is 3.11. The Balaban J connectivity index is 1.42. The van der Waals surface area contributed by atoms with E-state index in [4.69, 9.17) is 9.47 Å².